The zero-order valence-corrected chi connectivity index (χ0v) is 8.43. The van der Waals surface area contributed by atoms with E-state index in [-0.39, 0.29) is 0 Å². The van der Waals surface area contributed by atoms with E-state index in [0.717, 1.165) is 12.0 Å². The highest BCUT2D eigenvalue weighted by Crippen LogP contribution is 1.95. The van der Waals surface area contributed by atoms with Gasteiger partial charge in [-0.1, -0.05) is 12.2 Å². The number of pyridine rings is 1. The molecule has 0 aliphatic heterocycles. The number of nitrogens with zero attached hydrogens (tertiary/aromatic N) is 2. The van der Waals surface area contributed by atoms with E-state index in [9.17, 15) is 0 Å². The summed E-state index contributed by atoms with van der Waals surface area (Å²) in [5.41, 5.74) is 1.12. The second-order valence-electron chi connectivity index (χ2n) is 2.84. The van der Waals surface area contributed by atoms with Crippen molar-refractivity contribution in [3.63, 3.8) is 0 Å². The number of aromatic nitrogens is 1. The minimum atomic E-state index is 0.353. The first-order valence-electron chi connectivity index (χ1n) is 4.62. The third-order valence-electron chi connectivity index (χ3n) is 1.67. The maximum atomic E-state index is 7.67. The minimum absolute atomic E-state index is 0.353. The van der Waals surface area contributed by atoms with Crippen molar-refractivity contribution in [2.75, 3.05) is 0 Å². The van der Waals surface area contributed by atoms with E-state index in [2.05, 4.69) is 16.6 Å². The summed E-state index contributed by atoms with van der Waals surface area (Å²) in [5.74, 6) is 0. The van der Waals surface area contributed by atoms with Gasteiger partial charge < -0.3 is 0 Å². The van der Waals surface area contributed by atoms with Crippen molar-refractivity contribution in [3.8, 4) is 0 Å². The molecule has 3 heteroatoms. The quantitative estimate of drug-likeness (QED) is 0.575. The first-order chi connectivity index (χ1) is 7.34. The van der Waals surface area contributed by atoms with Crippen LogP contribution in [0.1, 0.15) is 12.0 Å². The van der Waals surface area contributed by atoms with Crippen molar-refractivity contribution in [2.45, 2.75) is 6.42 Å². The Bertz CT molecular complexity index is 377. The van der Waals surface area contributed by atoms with Gasteiger partial charge >= 0.3 is 0 Å². The highest BCUT2D eigenvalue weighted by atomic mass is 14.7. The molecule has 0 unspecified atom stereocenters. The van der Waals surface area contributed by atoms with Crippen LogP contribution in [0, 0.1) is 5.41 Å². The van der Waals surface area contributed by atoms with Crippen LogP contribution in [-0.4, -0.2) is 16.9 Å². The summed E-state index contributed by atoms with van der Waals surface area (Å²) < 4.78 is 0. The molecule has 0 saturated heterocycles. The van der Waals surface area contributed by atoms with Crippen LogP contribution in [0.2, 0.25) is 0 Å². The first kappa shape index (κ1) is 11.0. The Morgan fingerprint density at radius 1 is 1.60 bits per heavy atom. The van der Waals surface area contributed by atoms with E-state index < -0.39 is 0 Å². The van der Waals surface area contributed by atoms with E-state index in [1.54, 1.807) is 30.7 Å². The minimum Gasteiger partial charge on any atom is -0.299 e. The van der Waals surface area contributed by atoms with Crippen LogP contribution < -0.4 is 0 Å². The Morgan fingerprint density at radius 2 is 2.47 bits per heavy atom. The Hall–Kier alpha value is -2.03. The lowest BCUT2D eigenvalue weighted by Gasteiger charge is -1.94. The third kappa shape index (κ3) is 4.13. The maximum Gasteiger partial charge on any atom is 0.0810 e. The topological polar surface area (TPSA) is 49.1 Å². The second kappa shape index (κ2) is 6.43. The third-order valence-corrected chi connectivity index (χ3v) is 1.67. The van der Waals surface area contributed by atoms with Gasteiger partial charge in [-0.2, -0.15) is 0 Å². The van der Waals surface area contributed by atoms with Gasteiger partial charge in [0, 0.05) is 24.2 Å². The average molecular weight is 199 g/mol. The van der Waals surface area contributed by atoms with Crippen LogP contribution in [0.5, 0.6) is 0 Å². The van der Waals surface area contributed by atoms with Crippen molar-refractivity contribution in [2.24, 2.45) is 4.99 Å². The van der Waals surface area contributed by atoms with Crippen LogP contribution in [0.15, 0.2) is 54.4 Å². The van der Waals surface area contributed by atoms with Crippen molar-refractivity contribution in [1.82, 2.24) is 4.98 Å². The molecule has 0 aliphatic carbocycles. The lowest BCUT2D eigenvalue weighted by atomic mass is 10.2. The molecule has 1 aromatic rings. The molecule has 1 N–H and O–H groups in total. The molecular weight excluding hydrogens is 186 g/mol. The van der Waals surface area contributed by atoms with E-state index in [4.69, 9.17) is 5.41 Å². The molecule has 76 valence electrons. The van der Waals surface area contributed by atoms with Gasteiger partial charge in [0.1, 0.15) is 0 Å². The van der Waals surface area contributed by atoms with Gasteiger partial charge in [0.15, 0.2) is 0 Å². The van der Waals surface area contributed by atoms with Gasteiger partial charge in [0.2, 0.25) is 0 Å². The highest BCUT2D eigenvalue weighted by molar-refractivity contribution is 6.36. The number of hydrogen-bond donors (Lipinski definition) is 1. The standard InChI is InChI=1S/C12H13N3/c1-2-3-4-7-15-10-12(13)11-6-5-8-14-9-11/h2,4-10,13H,1,3H2. The lowest BCUT2D eigenvalue weighted by molar-refractivity contribution is 1.31. The zero-order chi connectivity index (χ0) is 10.9. The fraction of sp³-hybridized carbons (Fsp3) is 0.0833. The summed E-state index contributed by atoms with van der Waals surface area (Å²) in [6.45, 7) is 3.59. The van der Waals surface area contributed by atoms with Crippen LogP contribution in [-0.2, 0) is 0 Å². The SMILES string of the molecule is C=CCC=CN=CC(=N)c1cccnc1. The number of hydrogen-bond acceptors (Lipinski definition) is 3. The van der Waals surface area contributed by atoms with Gasteiger partial charge in [-0.15, -0.1) is 6.58 Å². The fourth-order valence-electron chi connectivity index (χ4n) is 0.932. The van der Waals surface area contributed by atoms with Gasteiger partial charge in [0.25, 0.3) is 0 Å². The van der Waals surface area contributed by atoms with E-state index in [1.807, 2.05) is 12.1 Å². The Balaban J connectivity index is 2.53. The maximum absolute atomic E-state index is 7.67. The fourth-order valence-corrected chi connectivity index (χ4v) is 0.932. The molecular formula is C12H13N3. The zero-order valence-electron chi connectivity index (χ0n) is 8.43. The largest absolute Gasteiger partial charge is 0.299 e. The van der Waals surface area contributed by atoms with Crippen molar-refractivity contribution < 1.29 is 0 Å². The van der Waals surface area contributed by atoms with Crippen LogP contribution in [0.25, 0.3) is 0 Å². The Morgan fingerprint density at radius 3 is 3.13 bits per heavy atom. The van der Waals surface area contributed by atoms with Crippen molar-refractivity contribution in [3.05, 3.63) is 55.0 Å². The molecule has 15 heavy (non-hydrogen) atoms. The average Bonchev–Trinajstić information content (AvgIpc) is 2.30. The normalized spacial score (nSPS) is 10.9. The molecule has 0 fully saturated rings. The highest BCUT2D eigenvalue weighted by Gasteiger charge is 1.94. The summed E-state index contributed by atoms with van der Waals surface area (Å²) in [4.78, 5) is 7.91. The van der Waals surface area contributed by atoms with Crippen molar-refractivity contribution >= 4 is 11.9 Å². The molecule has 0 spiro atoms. The van der Waals surface area contributed by atoms with E-state index >= 15 is 0 Å². The lowest BCUT2D eigenvalue weighted by Crippen LogP contribution is -1.99. The van der Waals surface area contributed by atoms with Crippen LogP contribution >= 0.6 is 0 Å². The molecule has 0 radical (unpaired) electrons. The molecule has 0 bridgehead atoms. The Labute approximate surface area is 89.4 Å². The van der Waals surface area contributed by atoms with Gasteiger partial charge in [-0.25, -0.2) is 0 Å². The summed E-state index contributed by atoms with van der Waals surface area (Å²) in [7, 11) is 0. The summed E-state index contributed by atoms with van der Waals surface area (Å²) in [5, 5.41) is 7.67. The number of rotatable bonds is 5. The molecule has 0 saturated carbocycles. The molecule has 1 rings (SSSR count). The summed E-state index contributed by atoms with van der Waals surface area (Å²) in [6.07, 6.45) is 10.9. The molecule has 1 aromatic heterocycles. The van der Waals surface area contributed by atoms with Crippen molar-refractivity contribution in [1.29, 1.82) is 5.41 Å². The monoisotopic (exact) mass is 199 g/mol. The van der Waals surface area contributed by atoms with Gasteiger partial charge in [-0.05, 0) is 18.6 Å². The number of nitrogens with one attached hydrogen (secondary N) is 1. The van der Waals surface area contributed by atoms with Gasteiger partial charge in [-0.3, -0.25) is 15.4 Å². The molecule has 0 aliphatic rings. The van der Waals surface area contributed by atoms with Crippen LogP contribution in [0.3, 0.4) is 0 Å². The molecule has 1 heterocycles. The summed E-state index contributed by atoms with van der Waals surface area (Å²) >= 11 is 0. The van der Waals surface area contributed by atoms with E-state index in [0.29, 0.717) is 5.71 Å². The number of allylic oxidation sites excluding steroid dienone is 2. The van der Waals surface area contributed by atoms with Gasteiger partial charge in [0.05, 0.1) is 11.9 Å². The smallest absolute Gasteiger partial charge is 0.0810 e. The predicted molar refractivity (Wildman–Crippen MR) is 63.5 cm³/mol. The number of aliphatic imine (C=N–C) groups is 1. The first-order valence-corrected chi connectivity index (χ1v) is 4.62. The second-order valence-corrected chi connectivity index (χ2v) is 2.84. The van der Waals surface area contributed by atoms with Crippen LogP contribution in [0.4, 0.5) is 0 Å². The molecule has 0 amide bonds. The summed E-state index contributed by atoms with van der Waals surface area (Å²) in [6, 6.07) is 3.63. The molecule has 3 nitrogen and oxygen atoms in total. The van der Waals surface area contributed by atoms with E-state index in [1.165, 1.54) is 6.21 Å². The Kier molecular flexibility index (Phi) is 4.73. The molecule has 0 aromatic carbocycles. The predicted octanol–water partition coefficient (Wildman–Crippen LogP) is 2.61. The molecule has 0 atom stereocenters.